The summed E-state index contributed by atoms with van der Waals surface area (Å²) in [6.07, 6.45) is 1.30. The molecule has 33 heavy (non-hydrogen) atoms. The number of nitrogens with zero attached hydrogens (tertiary/aromatic N) is 1. The quantitative estimate of drug-likeness (QED) is 0.474. The zero-order valence-corrected chi connectivity index (χ0v) is 18.8. The van der Waals surface area contributed by atoms with Crippen molar-refractivity contribution < 1.29 is 19.4 Å². The first kappa shape index (κ1) is 23.6. The van der Waals surface area contributed by atoms with Crippen LogP contribution in [0.25, 0.3) is 11.1 Å². The van der Waals surface area contributed by atoms with Crippen molar-refractivity contribution in [3.63, 3.8) is 0 Å². The Morgan fingerprint density at radius 2 is 1.79 bits per heavy atom. The molecule has 1 unspecified atom stereocenters. The molecule has 0 aliphatic rings. The van der Waals surface area contributed by atoms with E-state index >= 15 is 0 Å². The number of pyridine rings is 1. The van der Waals surface area contributed by atoms with E-state index in [1.54, 1.807) is 6.92 Å². The van der Waals surface area contributed by atoms with Crippen LogP contribution in [-0.2, 0) is 16.6 Å². The number of ether oxygens (including phenoxy) is 1. The van der Waals surface area contributed by atoms with Gasteiger partial charge in [-0.25, -0.2) is 4.79 Å². The molecule has 0 saturated heterocycles. The average molecular weight is 450 g/mol. The maximum absolute atomic E-state index is 12.7. The number of benzene rings is 2. The molecule has 2 aromatic carbocycles. The summed E-state index contributed by atoms with van der Waals surface area (Å²) in [6, 6.07) is 15.4. The van der Waals surface area contributed by atoms with Gasteiger partial charge < -0.3 is 25.0 Å². The number of amides is 2. The number of carbonyl (C=O) groups excluding carboxylic acids is 2. The minimum atomic E-state index is -0.731. The number of urea groups is 1. The molecule has 8 heteroatoms. The summed E-state index contributed by atoms with van der Waals surface area (Å²) in [7, 11) is 1.50. The second-order valence-electron chi connectivity index (χ2n) is 7.59. The summed E-state index contributed by atoms with van der Waals surface area (Å²) < 4.78 is 6.28. The number of nitrogens with one attached hydrogen (secondary N) is 2. The molecule has 172 valence electrons. The van der Waals surface area contributed by atoms with Gasteiger partial charge in [-0.15, -0.1) is 0 Å². The van der Waals surface area contributed by atoms with Crippen molar-refractivity contribution in [2.75, 3.05) is 11.9 Å². The summed E-state index contributed by atoms with van der Waals surface area (Å²) in [5.41, 5.74) is 3.12. The van der Waals surface area contributed by atoms with Gasteiger partial charge in [0.2, 0.25) is 0 Å². The maximum Gasteiger partial charge on any atom is 0.319 e. The van der Waals surface area contributed by atoms with Crippen LogP contribution in [0.15, 0.2) is 65.6 Å². The van der Waals surface area contributed by atoms with Crippen LogP contribution in [0.4, 0.5) is 10.5 Å². The van der Waals surface area contributed by atoms with Crippen molar-refractivity contribution in [3.8, 4) is 16.9 Å². The van der Waals surface area contributed by atoms with Crippen molar-refractivity contribution >= 4 is 17.7 Å². The lowest BCUT2D eigenvalue weighted by molar-refractivity contribution is -0.143. The Balaban J connectivity index is 1.84. The third-order valence-corrected chi connectivity index (χ3v) is 5.24. The molecular weight excluding hydrogens is 422 g/mol. The molecule has 3 aromatic rings. The van der Waals surface area contributed by atoms with Crippen molar-refractivity contribution in [2.24, 2.45) is 7.05 Å². The summed E-state index contributed by atoms with van der Waals surface area (Å²) >= 11 is 0. The highest BCUT2D eigenvalue weighted by Gasteiger charge is 2.21. The van der Waals surface area contributed by atoms with Gasteiger partial charge in [0.1, 0.15) is 5.75 Å². The SMILES string of the molecule is CCOC(=O)CC(NC(=O)Nc1c(O)ccn(C)c1=O)c1ccc(-c2ccccc2C)cc1. The van der Waals surface area contributed by atoms with E-state index in [1.807, 2.05) is 55.5 Å². The van der Waals surface area contributed by atoms with E-state index in [0.717, 1.165) is 16.7 Å². The average Bonchev–Trinajstić information content (AvgIpc) is 2.79. The highest BCUT2D eigenvalue weighted by atomic mass is 16.5. The smallest absolute Gasteiger partial charge is 0.319 e. The van der Waals surface area contributed by atoms with Crippen LogP contribution in [0.3, 0.4) is 0 Å². The van der Waals surface area contributed by atoms with E-state index < -0.39 is 23.6 Å². The fraction of sp³-hybridized carbons (Fsp3) is 0.240. The molecule has 1 aromatic heterocycles. The Hall–Kier alpha value is -4.07. The first-order chi connectivity index (χ1) is 15.8. The topological polar surface area (TPSA) is 110 Å². The predicted octanol–water partition coefficient (Wildman–Crippen LogP) is 3.88. The number of rotatable bonds is 7. The largest absolute Gasteiger partial charge is 0.505 e. The third kappa shape index (κ3) is 5.79. The Morgan fingerprint density at radius 1 is 1.09 bits per heavy atom. The highest BCUT2D eigenvalue weighted by Crippen LogP contribution is 2.26. The van der Waals surface area contributed by atoms with Gasteiger partial charge in [-0.1, -0.05) is 48.5 Å². The van der Waals surface area contributed by atoms with Gasteiger partial charge in [-0.3, -0.25) is 9.59 Å². The normalized spacial score (nSPS) is 11.5. The molecule has 0 aliphatic heterocycles. The Kier molecular flexibility index (Phi) is 7.50. The molecule has 0 spiro atoms. The molecule has 1 atom stereocenters. The first-order valence-electron chi connectivity index (χ1n) is 10.6. The van der Waals surface area contributed by atoms with Crippen LogP contribution in [0, 0.1) is 6.92 Å². The number of hydrogen-bond acceptors (Lipinski definition) is 5. The van der Waals surface area contributed by atoms with Crippen molar-refractivity contribution in [3.05, 3.63) is 82.3 Å². The molecule has 2 amide bonds. The molecule has 0 fully saturated rings. The van der Waals surface area contributed by atoms with Crippen LogP contribution in [0.1, 0.15) is 30.5 Å². The van der Waals surface area contributed by atoms with E-state index in [-0.39, 0.29) is 24.5 Å². The van der Waals surface area contributed by atoms with E-state index in [9.17, 15) is 19.5 Å². The van der Waals surface area contributed by atoms with Crippen LogP contribution >= 0.6 is 0 Å². The molecule has 0 saturated carbocycles. The van der Waals surface area contributed by atoms with Crippen molar-refractivity contribution in [1.29, 1.82) is 0 Å². The number of esters is 1. The van der Waals surface area contributed by atoms with Gasteiger partial charge in [0.25, 0.3) is 5.56 Å². The van der Waals surface area contributed by atoms with Crippen molar-refractivity contribution in [1.82, 2.24) is 9.88 Å². The second kappa shape index (κ2) is 10.5. The van der Waals surface area contributed by atoms with E-state index in [4.69, 9.17) is 4.74 Å². The Labute approximate surface area is 191 Å². The molecule has 0 aliphatic carbocycles. The monoisotopic (exact) mass is 449 g/mol. The fourth-order valence-electron chi connectivity index (χ4n) is 3.48. The number of anilines is 1. The molecule has 0 radical (unpaired) electrons. The molecule has 1 heterocycles. The van der Waals surface area contributed by atoms with E-state index in [0.29, 0.717) is 5.56 Å². The van der Waals surface area contributed by atoms with Gasteiger partial charge >= 0.3 is 12.0 Å². The summed E-state index contributed by atoms with van der Waals surface area (Å²) in [6.45, 7) is 3.96. The minimum Gasteiger partial charge on any atom is -0.505 e. The van der Waals surface area contributed by atoms with Gasteiger partial charge in [-0.2, -0.15) is 0 Å². The molecular formula is C25H27N3O5. The first-order valence-corrected chi connectivity index (χ1v) is 10.6. The second-order valence-corrected chi connectivity index (χ2v) is 7.59. The van der Waals surface area contributed by atoms with E-state index in [1.165, 1.54) is 23.9 Å². The maximum atomic E-state index is 12.7. The number of aryl methyl sites for hydroxylation is 2. The lowest BCUT2D eigenvalue weighted by Gasteiger charge is -2.20. The lowest BCUT2D eigenvalue weighted by atomic mass is 9.97. The van der Waals surface area contributed by atoms with Gasteiger partial charge in [0, 0.05) is 13.2 Å². The number of hydrogen-bond donors (Lipinski definition) is 3. The lowest BCUT2D eigenvalue weighted by Crippen LogP contribution is -2.36. The predicted molar refractivity (Wildman–Crippen MR) is 126 cm³/mol. The molecule has 3 rings (SSSR count). The van der Waals surface area contributed by atoms with Gasteiger partial charge in [-0.05, 0) is 42.2 Å². The Bertz CT molecular complexity index is 1200. The van der Waals surface area contributed by atoms with Gasteiger partial charge in [0.05, 0.1) is 19.1 Å². The van der Waals surface area contributed by atoms with Crippen LogP contribution in [-0.4, -0.2) is 28.3 Å². The minimum absolute atomic E-state index is 0.0935. The summed E-state index contributed by atoms with van der Waals surface area (Å²) in [5.74, 6) is -0.818. The van der Waals surface area contributed by atoms with E-state index in [2.05, 4.69) is 10.6 Å². The van der Waals surface area contributed by atoms with Crippen LogP contribution in [0.2, 0.25) is 0 Å². The summed E-state index contributed by atoms with van der Waals surface area (Å²) in [5, 5.41) is 15.1. The van der Waals surface area contributed by atoms with Crippen LogP contribution < -0.4 is 16.2 Å². The third-order valence-electron chi connectivity index (χ3n) is 5.24. The zero-order chi connectivity index (χ0) is 24.0. The standard InChI is InChI=1S/C25H27N3O5/c1-4-33-22(30)15-20(26-25(32)27-23-21(29)13-14-28(3)24(23)31)18-11-9-17(10-12-18)19-8-6-5-7-16(19)2/h5-14,20,29H,4,15H2,1-3H3,(H2,26,27,32). The Morgan fingerprint density at radius 3 is 2.45 bits per heavy atom. The molecule has 3 N–H and O–H groups in total. The molecule has 0 bridgehead atoms. The van der Waals surface area contributed by atoms with Crippen LogP contribution in [0.5, 0.6) is 5.75 Å². The zero-order valence-electron chi connectivity index (χ0n) is 18.8. The highest BCUT2D eigenvalue weighted by molar-refractivity contribution is 5.91. The number of carbonyl (C=O) groups is 2. The summed E-state index contributed by atoms with van der Waals surface area (Å²) in [4.78, 5) is 37.0. The van der Waals surface area contributed by atoms with Gasteiger partial charge in [0.15, 0.2) is 5.69 Å². The number of aromatic hydroxyl groups is 1. The molecule has 8 nitrogen and oxygen atoms in total. The van der Waals surface area contributed by atoms with Crippen molar-refractivity contribution in [2.45, 2.75) is 26.3 Å². The number of aromatic nitrogens is 1. The fourth-order valence-corrected chi connectivity index (χ4v) is 3.48.